The number of carbonyl (C=O) groups is 1. The molecule has 0 aliphatic heterocycles. The summed E-state index contributed by atoms with van der Waals surface area (Å²) in [5.74, 6) is -0.0429. The van der Waals surface area contributed by atoms with Gasteiger partial charge in [-0.05, 0) is 31.9 Å². The standard InChI is InChI=1S/C19H25FN4O/c1-4-10-24(11-5-2)18(25)17-12-14(3)22-19(23-17)21-13-15-8-6-7-9-16(15)20/h6-9,12H,4-5,10-11,13H2,1-3H3,(H,21,22,23). The molecule has 0 atom stereocenters. The van der Waals surface area contributed by atoms with E-state index in [1.165, 1.54) is 6.07 Å². The molecule has 25 heavy (non-hydrogen) atoms. The van der Waals surface area contributed by atoms with E-state index in [2.05, 4.69) is 15.3 Å². The third-order valence-corrected chi connectivity index (χ3v) is 3.74. The Bertz CT molecular complexity index is 714. The van der Waals surface area contributed by atoms with Gasteiger partial charge in [-0.15, -0.1) is 0 Å². The minimum Gasteiger partial charge on any atom is -0.350 e. The second kappa shape index (κ2) is 9.11. The Kier molecular flexibility index (Phi) is 6.86. The summed E-state index contributed by atoms with van der Waals surface area (Å²) in [6.45, 7) is 7.57. The van der Waals surface area contributed by atoms with Crippen molar-refractivity contribution in [2.75, 3.05) is 18.4 Å². The lowest BCUT2D eigenvalue weighted by Crippen LogP contribution is -2.33. The van der Waals surface area contributed by atoms with Crippen LogP contribution >= 0.6 is 0 Å². The van der Waals surface area contributed by atoms with E-state index in [4.69, 9.17) is 0 Å². The Morgan fingerprint density at radius 1 is 1.16 bits per heavy atom. The van der Waals surface area contributed by atoms with E-state index in [0.717, 1.165) is 12.8 Å². The molecule has 2 rings (SSSR count). The van der Waals surface area contributed by atoms with Crippen LogP contribution in [0.15, 0.2) is 30.3 Å². The second-order valence-electron chi connectivity index (χ2n) is 5.96. The minimum absolute atomic E-state index is 0.0943. The van der Waals surface area contributed by atoms with Gasteiger partial charge < -0.3 is 10.2 Å². The minimum atomic E-state index is -0.281. The van der Waals surface area contributed by atoms with E-state index in [0.29, 0.717) is 36.0 Å². The molecule has 0 fully saturated rings. The molecule has 0 spiro atoms. The van der Waals surface area contributed by atoms with Crippen LogP contribution in [-0.4, -0.2) is 33.9 Å². The first kappa shape index (κ1) is 18.8. The largest absolute Gasteiger partial charge is 0.350 e. The fourth-order valence-electron chi connectivity index (χ4n) is 2.59. The highest BCUT2D eigenvalue weighted by atomic mass is 19.1. The number of benzene rings is 1. The predicted octanol–water partition coefficient (Wildman–Crippen LogP) is 3.80. The summed E-state index contributed by atoms with van der Waals surface area (Å²) in [5.41, 5.74) is 1.59. The highest BCUT2D eigenvalue weighted by molar-refractivity contribution is 5.92. The topological polar surface area (TPSA) is 58.1 Å². The van der Waals surface area contributed by atoms with E-state index < -0.39 is 0 Å². The van der Waals surface area contributed by atoms with Gasteiger partial charge in [-0.2, -0.15) is 0 Å². The molecular weight excluding hydrogens is 319 g/mol. The Balaban J connectivity index is 2.16. The van der Waals surface area contributed by atoms with Crippen LogP contribution in [0.1, 0.15) is 48.4 Å². The van der Waals surface area contributed by atoms with Crippen molar-refractivity contribution in [3.8, 4) is 0 Å². The maximum atomic E-state index is 13.7. The molecule has 1 amide bonds. The Hall–Kier alpha value is -2.50. The van der Waals surface area contributed by atoms with Crippen molar-refractivity contribution < 1.29 is 9.18 Å². The van der Waals surface area contributed by atoms with Gasteiger partial charge in [0, 0.05) is 30.9 Å². The molecule has 1 N–H and O–H groups in total. The zero-order chi connectivity index (χ0) is 18.2. The van der Waals surface area contributed by atoms with Gasteiger partial charge in [0.1, 0.15) is 11.5 Å². The van der Waals surface area contributed by atoms with Crippen molar-refractivity contribution in [1.29, 1.82) is 0 Å². The van der Waals surface area contributed by atoms with E-state index >= 15 is 0 Å². The monoisotopic (exact) mass is 344 g/mol. The molecule has 0 saturated heterocycles. The first-order chi connectivity index (χ1) is 12.0. The van der Waals surface area contributed by atoms with Crippen LogP contribution in [0, 0.1) is 12.7 Å². The number of hydrogen-bond donors (Lipinski definition) is 1. The van der Waals surface area contributed by atoms with Crippen molar-refractivity contribution in [3.63, 3.8) is 0 Å². The van der Waals surface area contributed by atoms with Crippen molar-refractivity contribution in [3.05, 3.63) is 53.1 Å². The molecule has 1 aromatic heterocycles. The number of nitrogens with one attached hydrogen (secondary N) is 1. The maximum absolute atomic E-state index is 13.7. The Labute approximate surface area is 148 Å². The zero-order valence-corrected chi connectivity index (χ0v) is 15.1. The number of aromatic nitrogens is 2. The first-order valence-electron chi connectivity index (χ1n) is 8.67. The second-order valence-corrected chi connectivity index (χ2v) is 5.96. The third kappa shape index (κ3) is 5.24. The van der Waals surface area contributed by atoms with Gasteiger partial charge in [0.05, 0.1) is 0 Å². The number of nitrogens with zero attached hydrogens (tertiary/aromatic N) is 3. The van der Waals surface area contributed by atoms with Gasteiger partial charge in [-0.3, -0.25) is 4.79 Å². The van der Waals surface area contributed by atoms with Crippen LogP contribution in [0.3, 0.4) is 0 Å². The number of carbonyl (C=O) groups excluding carboxylic acids is 1. The summed E-state index contributed by atoms with van der Waals surface area (Å²) in [5, 5.41) is 3.01. The van der Waals surface area contributed by atoms with Crippen LogP contribution in [0.2, 0.25) is 0 Å². The van der Waals surface area contributed by atoms with Crippen molar-refractivity contribution in [2.45, 2.75) is 40.2 Å². The van der Waals surface area contributed by atoms with Gasteiger partial charge in [0.15, 0.2) is 0 Å². The molecule has 0 aliphatic rings. The number of hydrogen-bond acceptors (Lipinski definition) is 4. The highest BCUT2D eigenvalue weighted by Crippen LogP contribution is 2.12. The molecular formula is C19H25FN4O. The molecule has 0 unspecified atom stereocenters. The van der Waals surface area contributed by atoms with Gasteiger partial charge in [0.25, 0.3) is 5.91 Å². The molecule has 1 heterocycles. The lowest BCUT2D eigenvalue weighted by molar-refractivity contribution is 0.0749. The van der Waals surface area contributed by atoms with E-state index in [-0.39, 0.29) is 18.3 Å². The highest BCUT2D eigenvalue weighted by Gasteiger charge is 2.17. The smallest absolute Gasteiger partial charge is 0.272 e. The average molecular weight is 344 g/mol. The molecule has 0 bridgehead atoms. The van der Waals surface area contributed by atoms with Crippen molar-refractivity contribution >= 4 is 11.9 Å². The van der Waals surface area contributed by atoms with Crippen LogP contribution in [0.25, 0.3) is 0 Å². The van der Waals surface area contributed by atoms with Crippen molar-refractivity contribution in [2.24, 2.45) is 0 Å². The zero-order valence-electron chi connectivity index (χ0n) is 15.1. The number of anilines is 1. The summed E-state index contributed by atoms with van der Waals surface area (Å²) >= 11 is 0. The number of amides is 1. The lowest BCUT2D eigenvalue weighted by Gasteiger charge is -2.21. The Morgan fingerprint density at radius 2 is 1.84 bits per heavy atom. The number of halogens is 1. The van der Waals surface area contributed by atoms with Gasteiger partial charge >= 0.3 is 0 Å². The lowest BCUT2D eigenvalue weighted by atomic mass is 10.2. The van der Waals surface area contributed by atoms with E-state index in [1.54, 1.807) is 24.3 Å². The number of aryl methyl sites for hydroxylation is 1. The molecule has 134 valence electrons. The fourth-order valence-corrected chi connectivity index (χ4v) is 2.59. The summed E-state index contributed by atoms with van der Waals surface area (Å²) in [4.78, 5) is 23.1. The predicted molar refractivity (Wildman–Crippen MR) is 97.0 cm³/mol. The van der Waals surface area contributed by atoms with Gasteiger partial charge in [-0.1, -0.05) is 32.0 Å². The Morgan fingerprint density at radius 3 is 2.48 bits per heavy atom. The van der Waals surface area contributed by atoms with Crippen LogP contribution in [0.5, 0.6) is 0 Å². The van der Waals surface area contributed by atoms with Gasteiger partial charge in [-0.25, -0.2) is 14.4 Å². The summed E-state index contributed by atoms with van der Waals surface area (Å²) < 4.78 is 13.7. The summed E-state index contributed by atoms with van der Waals surface area (Å²) in [7, 11) is 0. The molecule has 0 aliphatic carbocycles. The fraction of sp³-hybridized carbons (Fsp3) is 0.421. The average Bonchev–Trinajstić information content (AvgIpc) is 2.60. The van der Waals surface area contributed by atoms with Crippen LogP contribution < -0.4 is 5.32 Å². The van der Waals surface area contributed by atoms with E-state index in [1.807, 2.05) is 25.7 Å². The van der Waals surface area contributed by atoms with Crippen LogP contribution in [-0.2, 0) is 6.54 Å². The molecule has 0 radical (unpaired) electrons. The molecule has 5 nitrogen and oxygen atoms in total. The normalized spacial score (nSPS) is 10.6. The molecule has 1 aromatic carbocycles. The molecule has 6 heteroatoms. The van der Waals surface area contributed by atoms with Gasteiger partial charge in [0.2, 0.25) is 5.95 Å². The van der Waals surface area contributed by atoms with E-state index in [9.17, 15) is 9.18 Å². The first-order valence-corrected chi connectivity index (χ1v) is 8.67. The quantitative estimate of drug-likeness (QED) is 0.791. The summed E-state index contributed by atoms with van der Waals surface area (Å²) in [6.07, 6.45) is 1.79. The molecule has 0 saturated carbocycles. The number of rotatable bonds is 8. The summed E-state index contributed by atoms with van der Waals surface area (Å²) in [6, 6.07) is 8.23. The van der Waals surface area contributed by atoms with Crippen LogP contribution in [0.4, 0.5) is 10.3 Å². The maximum Gasteiger partial charge on any atom is 0.272 e. The van der Waals surface area contributed by atoms with Crippen molar-refractivity contribution in [1.82, 2.24) is 14.9 Å². The third-order valence-electron chi connectivity index (χ3n) is 3.74. The molecule has 2 aromatic rings. The SMILES string of the molecule is CCCN(CCC)C(=O)c1cc(C)nc(NCc2ccccc2F)n1.